The molecular weight excluding hydrogens is 230 g/mol. The third kappa shape index (κ3) is 5.19. The van der Waals surface area contributed by atoms with E-state index in [1.165, 1.54) is 0 Å². The van der Waals surface area contributed by atoms with Crippen molar-refractivity contribution in [1.82, 2.24) is 5.32 Å². The summed E-state index contributed by atoms with van der Waals surface area (Å²) >= 11 is 0. The average molecular weight is 251 g/mol. The lowest BCUT2D eigenvalue weighted by molar-refractivity contribution is 0.0953. The van der Waals surface area contributed by atoms with Crippen LogP contribution in [0.15, 0.2) is 24.3 Å². The summed E-state index contributed by atoms with van der Waals surface area (Å²) in [6, 6.07) is 7.13. The van der Waals surface area contributed by atoms with Crippen LogP contribution in [0.1, 0.15) is 30.1 Å². The molecule has 0 aromatic heterocycles. The van der Waals surface area contributed by atoms with Gasteiger partial charge >= 0.3 is 0 Å². The van der Waals surface area contributed by atoms with Crippen molar-refractivity contribution in [3.8, 4) is 5.75 Å². The van der Waals surface area contributed by atoms with Crippen LogP contribution in [0.5, 0.6) is 5.75 Å². The average Bonchev–Trinajstić information content (AvgIpc) is 2.40. The standard InChI is InChI=1S/C14H21NO3/c1-3-4-9-15-14(16)12-5-7-13(8-6-12)18-11-10-17-2/h5-8H,3-4,9-11H2,1-2H3,(H,15,16). The maximum absolute atomic E-state index is 11.7. The Balaban J connectivity index is 2.41. The molecule has 0 aliphatic heterocycles. The highest BCUT2D eigenvalue weighted by Crippen LogP contribution is 2.12. The summed E-state index contributed by atoms with van der Waals surface area (Å²) in [6.07, 6.45) is 2.08. The number of ether oxygens (including phenoxy) is 2. The van der Waals surface area contributed by atoms with Gasteiger partial charge in [0.2, 0.25) is 0 Å². The minimum Gasteiger partial charge on any atom is -0.491 e. The van der Waals surface area contributed by atoms with Crippen LogP contribution in [0, 0.1) is 0 Å². The third-order valence-electron chi connectivity index (χ3n) is 2.49. The first-order valence-corrected chi connectivity index (χ1v) is 6.28. The summed E-state index contributed by atoms with van der Waals surface area (Å²) in [4.78, 5) is 11.7. The number of amides is 1. The molecule has 0 unspecified atom stereocenters. The van der Waals surface area contributed by atoms with Crippen LogP contribution in [0.3, 0.4) is 0 Å². The van der Waals surface area contributed by atoms with Gasteiger partial charge in [-0.1, -0.05) is 13.3 Å². The molecule has 0 heterocycles. The molecule has 0 fully saturated rings. The fourth-order valence-corrected chi connectivity index (χ4v) is 1.43. The van der Waals surface area contributed by atoms with Crippen LogP contribution in [0.4, 0.5) is 0 Å². The van der Waals surface area contributed by atoms with E-state index in [0.717, 1.165) is 25.1 Å². The van der Waals surface area contributed by atoms with E-state index in [1.54, 1.807) is 31.4 Å². The topological polar surface area (TPSA) is 47.6 Å². The Hall–Kier alpha value is -1.55. The molecule has 100 valence electrons. The molecular formula is C14H21NO3. The molecule has 0 aliphatic rings. The molecule has 1 aromatic carbocycles. The summed E-state index contributed by atoms with van der Waals surface area (Å²) in [7, 11) is 1.63. The second-order valence-electron chi connectivity index (χ2n) is 3.98. The smallest absolute Gasteiger partial charge is 0.251 e. The summed E-state index contributed by atoms with van der Waals surface area (Å²) in [6.45, 7) is 3.89. The Labute approximate surface area is 108 Å². The fourth-order valence-electron chi connectivity index (χ4n) is 1.43. The first-order valence-electron chi connectivity index (χ1n) is 6.28. The monoisotopic (exact) mass is 251 g/mol. The van der Waals surface area contributed by atoms with Gasteiger partial charge in [0.15, 0.2) is 0 Å². The predicted molar refractivity (Wildman–Crippen MR) is 71.1 cm³/mol. The number of carbonyl (C=O) groups excluding carboxylic acids is 1. The van der Waals surface area contributed by atoms with E-state index in [1.807, 2.05) is 0 Å². The molecule has 0 spiro atoms. The third-order valence-corrected chi connectivity index (χ3v) is 2.49. The van der Waals surface area contributed by atoms with Crippen molar-refractivity contribution in [3.63, 3.8) is 0 Å². The summed E-state index contributed by atoms with van der Waals surface area (Å²) in [5.41, 5.74) is 0.658. The fraction of sp³-hybridized carbons (Fsp3) is 0.500. The van der Waals surface area contributed by atoms with Crippen molar-refractivity contribution in [1.29, 1.82) is 0 Å². The van der Waals surface area contributed by atoms with Crippen LogP contribution in [-0.2, 0) is 4.74 Å². The molecule has 0 radical (unpaired) electrons. The predicted octanol–water partition coefficient (Wildman–Crippen LogP) is 2.24. The van der Waals surface area contributed by atoms with E-state index in [9.17, 15) is 4.79 Å². The van der Waals surface area contributed by atoms with Crippen LogP contribution < -0.4 is 10.1 Å². The van der Waals surface area contributed by atoms with Gasteiger partial charge in [-0.05, 0) is 30.7 Å². The van der Waals surface area contributed by atoms with E-state index in [4.69, 9.17) is 9.47 Å². The number of rotatable bonds is 8. The van der Waals surface area contributed by atoms with Crippen molar-refractivity contribution in [2.75, 3.05) is 26.9 Å². The molecule has 4 nitrogen and oxygen atoms in total. The molecule has 0 bridgehead atoms. The zero-order valence-electron chi connectivity index (χ0n) is 11.1. The minimum atomic E-state index is -0.0353. The molecule has 1 amide bonds. The Morgan fingerprint density at radius 3 is 2.56 bits per heavy atom. The van der Waals surface area contributed by atoms with Crippen molar-refractivity contribution >= 4 is 5.91 Å². The van der Waals surface area contributed by atoms with Crippen LogP contribution in [0.2, 0.25) is 0 Å². The number of benzene rings is 1. The zero-order valence-corrected chi connectivity index (χ0v) is 11.1. The number of methoxy groups -OCH3 is 1. The van der Waals surface area contributed by atoms with Gasteiger partial charge in [0, 0.05) is 19.2 Å². The number of unbranched alkanes of at least 4 members (excludes halogenated alkanes) is 1. The second-order valence-corrected chi connectivity index (χ2v) is 3.98. The Morgan fingerprint density at radius 2 is 1.94 bits per heavy atom. The molecule has 1 N–H and O–H groups in total. The van der Waals surface area contributed by atoms with E-state index >= 15 is 0 Å². The van der Waals surface area contributed by atoms with Crippen molar-refractivity contribution in [2.45, 2.75) is 19.8 Å². The highest BCUT2D eigenvalue weighted by molar-refractivity contribution is 5.94. The van der Waals surface area contributed by atoms with Gasteiger partial charge in [-0.15, -0.1) is 0 Å². The molecule has 4 heteroatoms. The molecule has 18 heavy (non-hydrogen) atoms. The summed E-state index contributed by atoms with van der Waals surface area (Å²) < 4.78 is 10.3. The van der Waals surface area contributed by atoms with Crippen molar-refractivity contribution in [2.24, 2.45) is 0 Å². The second kappa shape index (κ2) is 8.53. The maximum atomic E-state index is 11.7. The van der Waals surface area contributed by atoms with Crippen molar-refractivity contribution in [3.05, 3.63) is 29.8 Å². The maximum Gasteiger partial charge on any atom is 0.251 e. The van der Waals surface area contributed by atoms with Gasteiger partial charge in [0.05, 0.1) is 6.61 Å². The SMILES string of the molecule is CCCCNC(=O)c1ccc(OCCOC)cc1. The van der Waals surface area contributed by atoms with E-state index in [2.05, 4.69) is 12.2 Å². The number of hydrogen-bond donors (Lipinski definition) is 1. The molecule has 0 aliphatic carbocycles. The van der Waals surface area contributed by atoms with Crippen LogP contribution >= 0.6 is 0 Å². The summed E-state index contributed by atoms with van der Waals surface area (Å²) in [5, 5.41) is 2.87. The molecule has 0 atom stereocenters. The van der Waals surface area contributed by atoms with E-state index < -0.39 is 0 Å². The first kappa shape index (κ1) is 14.5. The van der Waals surface area contributed by atoms with Crippen LogP contribution in [0.25, 0.3) is 0 Å². The molecule has 1 rings (SSSR count). The van der Waals surface area contributed by atoms with Gasteiger partial charge in [0.25, 0.3) is 5.91 Å². The quantitative estimate of drug-likeness (QED) is 0.721. The first-order chi connectivity index (χ1) is 8.77. The van der Waals surface area contributed by atoms with Gasteiger partial charge in [-0.3, -0.25) is 4.79 Å². The normalized spacial score (nSPS) is 10.1. The van der Waals surface area contributed by atoms with Gasteiger partial charge in [-0.2, -0.15) is 0 Å². The zero-order chi connectivity index (χ0) is 13.2. The van der Waals surface area contributed by atoms with Crippen molar-refractivity contribution < 1.29 is 14.3 Å². The highest BCUT2D eigenvalue weighted by atomic mass is 16.5. The minimum absolute atomic E-state index is 0.0353. The Bertz CT molecular complexity index is 349. The lowest BCUT2D eigenvalue weighted by Crippen LogP contribution is -2.24. The van der Waals surface area contributed by atoms with Crippen LogP contribution in [-0.4, -0.2) is 32.8 Å². The van der Waals surface area contributed by atoms with Gasteiger partial charge in [0.1, 0.15) is 12.4 Å². The van der Waals surface area contributed by atoms with Gasteiger partial charge < -0.3 is 14.8 Å². The van der Waals surface area contributed by atoms with Gasteiger partial charge in [-0.25, -0.2) is 0 Å². The Morgan fingerprint density at radius 1 is 1.22 bits per heavy atom. The lowest BCUT2D eigenvalue weighted by Gasteiger charge is -2.07. The molecule has 1 aromatic rings. The molecule has 0 saturated carbocycles. The molecule has 0 saturated heterocycles. The lowest BCUT2D eigenvalue weighted by atomic mass is 10.2. The van der Waals surface area contributed by atoms with E-state index in [0.29, 0.717) is 18.8 Å². The summed E-state index contributed by atoms with van der Waals surface area (Å²) in [5.74, 6) is 0.712. The van der Waals surface area contributed by atoms with E-state index in [-0.39, 0.29) is 5.91 Å². The number of nitrogens with one attached hydrogen (secondary N) is 1. The largest absolute Gasteiger partial charge is 0.491 e. The number of carbonyl (C=O) groups is 1. The Kier molecular flexibility index (Phi) is 6.87. The number of hydrogen-bond acceptors (Lipinski definition) is 3. The highest BCUT2D eigenvalue weighted by Gasteiger charge is 2.04.